The molecule has 0 N–H and O–H groups in total. The van der Waals surface area contributed by atoms with E-state index in [2.05, 4.69) is 36.7 Å². The fourth-order valence-electron chi connectivity index (χ4n) is 4.16. The summed E-state index contributed by atoms with van der Waals surface area (Å²) in [6.07, 6.45) is 9.84. The van der Waals surface area contributed by atoms with E-state index in [0.717, 1.165) is 23.8 Å². The number of para-hydroxylation sites is 1. The van der Waals surface area contributed by atoms with Gasteiger partial charge in [0.2, 0.25) is 0 Å². The Morgan fingerprint density at radius 2 is 1.96 bits per heavy atom. The lowest BCUT2D eigenvalue weighted by atomic mass is 9.96. The van der Waals surface area contributed by atoms with E-state index >= 15 is 0 Å². The molecule has 1 amide bonds. The number of amides is 1. The lowest BCUT2D eigenvalue weighted by Crippen LogP contribution is -2.30. The number of rotatable bonds is 4. The third-order valence-electron chi connectivity index (χ3n) is 5.69. The number of amidine groups is 1. The first-order valence-electron chi connectivity index (χ1n) is 10.5. The number of carbonyl (C=O) groups is 1. The van der Waals surface area contributed by atoms with Crippen LogP contribution in [0.25, 0.3) is 17.0 Å². The van der Waals surface area contributed by atoms with Crippen LogP contribution in [0, 0.1) is 0 Å². The van der Waals surface area contributed by atoms with Crippen LogP contribution in [0.4, 0.5) is 0 Å². The second kappa shape index (κ2) is 7.82. The Balaban J connectivity index is 1.69. The van der Waals surface area contributed by atoms with Gasteiger partial charge in [-0.25, -0.2) is 4.99 Å². The maximum Gasteiger partial charge on any atom is 0.300 e. The summed E-state index contributed by atoms with van der Waals surface area (Å²) >= 11 is 0. The first-order chi connectivity index (χ1) is 13.6. The van der Waals surface area contributed by atoms with E-state index in [0.29, 0.717) is 24.4 Å². The van der Waals surface area contributed by atoms with Crippen molar-refractivity contribution in [3.63, 3.8) is 0 Å². The number of carbonyl (C=O) groups excluding carboxylic acids is 1. The molecule has 5 nitrogen and oxygen atoms in total. The number of aromatic nitrogens is 1. The van der Waals surface area contributed by atoms with E-state index in [1.807, 2.05) is 25.1 Å². The Labute approximate surface area is 166 Å². The molecule has 0 radical (unpaired) electrons. The lowest BCUT2D eigenvalue weighted by molar-refractivity contribution is -0.122. The highest BCUT2D eigenvalue weighted by molar-refractivity contribution is 6.12. The van der Waals surface area contributed by atoms with Gasteiger partial charge in [0.25, 0.3) is 5.91 Å². The van der Waals surface area contributed by atoms with Gasteiger partial charge in [-0.15, -0.1) is 0 Å². The molecule has 1 aromatic carbocycles. The van der Waals surface area contributed by atoms with E-state index < -0.39 is 0 Å². The molecule has 2 heterocycles. The number of nitrogens with zero attached hydrogens (tertiary/aromatic N) is 3. The first-order valence-corrected chi connectivity index (χ1v) is 10.5. The van der Waals surface area contributed by atoms with Gasteiger partial charge in [-0.1, -0.05) is 37.5 Å². The van der Waals surface area contributed by atoms with Gasteiger partial charge in [0.1, 0.15) is 0 Å². The Hall–Kier alpha value is -2.56. The monoisotopic (exact) mass is 379 g/mol. The predicted octanol–water partition coefficient (Wildman–Crippen LogP) is 5.13. The van der Waals surface area contributed by atoms with Crippen LogP contribution >= 0.6 is 0 Å². The molecule has 1 aromatic heterocycles. The molecule has 1 saturated heterocycles. The van der Waals surface area contributed by atoms with Gasteiger partial charge in [0.15, 0.2) is 5.76 Å². The van der Waals surface area contributed by atoms with Crippen LogP contribution in [0.1, 0.15) is 64.5 Å². The zero-order chi connectivity index (χ0) is 19.7. The average Bonchev–Trinajstić information content (AvgIpc) is 3.21. The maximum absolute atomic E-state index is 12.9. The van der Waals surface area contributed by atoms with Crippen LogP contribution < -0.4 is 0 Å². The van der Waals surface area contributed by atoms with Crippen molar-refractivity contribution in [1.82, 2.24) is 9.47 Å². The summed E-state index contributed by atoms with van der Waals surface area (Å²) in [6, 6.07) is 9.36. The molecule has 2 aliphatic rings. The van der Waals surface area contributed by atoms with Gasteiger partial charge in [-0.2, -0.15) is 0 Å². The van der Waals surface area contributed by atoms with Crippen molar-refractivity contribution in [3.05, 3.63) is 41.8 Å². The summed E-state index contributed by atoms with van der Waals surface area (Å²) in [7, 11) is 0. The molecule has 1 aliphatic heterocycles. The van der Waals surface area contributed by atoms with Gasteiger partial charge >= 0.3 is 6.02 Å². The van der Waals surface area contributed by atoms with Crippen molar-refractivity contribution >= 4 is 28.9 Å². The minimum atomic E-state index is -0.0987. The number of likely N-dealkylation sites (N-methyl/N-ethyl adjacent to an activating group) is 1. The average molecular weight is 380 g/mol. The summed E-state index contributed by atoms with van der Waals surface area (Å²) in [4.78, 5) is 19.3. The Bertz CT molecular complexity index is 932. The van der Waals surface area contributed by atoms with Gasteiger partial charge < -0.3 is 9.30 Å². The molecule has 0 spiro atoms. The van der Waals surface area contributed by atoms with Gasteiger partial charge in [0.05, 0.1) is 6.04 Å². The molecule has 0 unspecified atom stereocenters. The Morgan fingerprint density at radius 3 is 2.68 bits per heavy atom. The normalized spacial score (nSPS) is 21.4. The smallest absolute Gasteiger partial charge is 0.300 e. The summed E-state index contributed by atoms with van der Waals surface area (Å²) < 4.78 is 8.21. The van der Waals surface area contributed by atoms with Crippen molar-refractivity contribution in [2.75, 3.05) is 6.54 Å². The highest BCUT2D eigenvalue weighted by atomic mass is 16.5. The summed E-state index contributed by atoms with van der Waals surface area (Å²) in [5, 5.41) is 1.13. The molecule has 0 atom stereocenters. The van der Waals surface area contributed by atoms with Gasteiger partial charge in [0, 0.05) is 35.2 Å². The molecule has 28 heavy (non-hydrogen) atoms. The highest BCUT2D eigenvalue weighted by Crippen LogP contribution is 2.29. The van der Waals surface area contributed by atoms with Crippen molar-refractivity contribution < 1.29 is 9.53 Å². The third kappa shape index (κ3) is 3.46. The summed E-state index contributed by atoms with van der Waals surface area (Å²) in [6.45, 7) is 6.85. The molecule has 2 fully saturated rings. The third-order valence-corrected chi connectivity index (χ3v) is 5.69. The molecular formula is C23H29N3O2. The van der Waals surface area contributed by atoms with E-state index in [4.69, 9.17) is 9.73 Å². The predicted molar refractivity (Wildman–Crippen MR) is 113 cm³/mol. The molecule has 1 aliphatic carbocycles. The molecular weight excluding hydrogens is 350 g/mol. The van der Waals surface area contributed by atoms with E-state index in [9.17, 15) is 4.79 Å². The number of aliphatic imine (C=N–C) groups is 1. The van der Waals surface area contributed by atoms with Crippen LogP contribution in [0.3, 0.4) is 0 Å². The van der Waals surface area contributed by atoms with Crippen LogP contribution in [0.5, 0.6) is 0 Å². The number of ether oxygens (including phenoxy) is 1. The van der Waals surface area contributed by atoms with Crippen LogP contribution in [-0.4, -0.2) is 34.0 Å². The lowest BCUT2D eigenvalue weighted by Gasteiger charge is -2.19. The number of benzene rings is 1. The van der Waals surface area contributed by atoms with E-state index in [1.54, 1.807) is 4.90 Å². The minimum Gasteiger partial charge on any atom is -0.420 e. The van der Waals surface area contributed by atoms with Crippen molar-refractivity contribution in [1.29, 1.82) is 0 Å². The summed E-state index contributed by atoms with van der Waals surface area (Å²) in [5.41, 5.74) is 2.17. The largest absolute Gasteiger partial charge is 0.420 e. The SMILES string of the molecule is CCN1C(=O)/C(=C\c2cn(C(C)C)c3ccccc23)OC1=NC1CCCCC1. The highest BCUT2D eigenvalue weighted by Gasteiger charge is 2.34. The molecule has 0 bridgehead atoms. The van der Waals surface area contributed by atoms with Gasteiger partial charge in [-0.05, 0) is 45.8 Å². The Kier molecular flexibility index (Phi) is 5.25. The standard InChI is InChI=1S/C23H29N3O2/c1-4-25-22(27)21(28-23(25)24-18-10-6-5-7-11-18)14-17-15-26(16(2)3)20-13-9-8-12-19(17)20/h8-9,12-16,18H,4-7,10-11H2,1-3H3/b21-14+,24-23?. The molecule has 4 rings (SSSR count). The zero-order valence-corrected chi connectivity index (χ0v) is 17.0. The molecule has 2 aromatic rings. The molecule has 1 saturated carbocycles. The topological polar surface area (TPSA) is 46.8 Å². The number of hydrogen-bond acceptors (Lipinski definition) is 3. The molecule has 148 valence electrons. The fourth-order valence-corrected chi connectivity index (χ4v) is 4.16. The van der Waals surface area contributed by atoms with E-state index in [1.165, 1.54) is 24.8 Å². The Morgan fingerprint density at radius 1 is 1.21 bits per heavy atom. The minimum absolute atomic E-state index is 0.0987. The van der Waals surface area contributed by atoms with Crippen LogP contribution in [-0.2, 0) is 9.53 Å². The quantitative estimate of drug-likeness (QED) is 0.691. The second-order valence-corrected chi connectivity index (χ2v) is 7.97. The van der Waals surface area contributed by atoms with Crippen molar-refractivity contribution in [2.24, 2.45) is 4.99 Å². The number of fused-ring (bicyclic) bond motifs is 1. The molecule has 5 heteroatoms. The van der Waals surface area contributed by atoms with Gasteiger partial charge in [-0.3, -0.25) is 9.69 Å². The van der Waals surface area contributed by atoms with E-state index in [-0.39, 0.29) is 11.9 Å². The van der Waals surface area contributed by atoms with Crippen molar-refractivity contribution in [3.8, 4) is 0 Å². The first kappa shape index (κ1) is 18.8. The summed E-state index contributed by atoms with van der Waals surface area (Å²) in [5.74, 6) is 0.265. The second-order valence-electron chi connectivity index (χ2n) is 7.97. The zero-order valence-electron chi connectivity index (χ0n) is 17.0. The van der Waals surface area contributed by atoms with Crippen LogP contribution in [0.15, 0.2) is 41.2 Å². The fraction of sp³-hybridized carbons (Fsp3) is 0.478. The van der Waals surface area contributed by atoms with Crippen molar-refractivity contribution in [2.45, 2.75) is 65.0 Å². The number of hydrogen-bond donors (Lipinski definition) is 0. The maximum atomic E-state index is 12.9. The van der Waals surface area contributed by atoms with Crippen LogP contribution in [0.2, 0.25) is 0 Å².